The van der Waals surface area contributed by atoms with E-state index in [0.717, 1.165) is 46.6 Å². The van der Waals surface area contributed by atoms with Gasteiger partial charge in [0.1, 0.15) is 11.4 Å². The van der Waals surface area contributed by atoms with E-state index >= 15 is 0 Å². The minimum atomic E-state index is -0.424. The molecule has 0 unspecified atom stereocenters. The molecule has 5 rings (SSSR count). The van der Waals surface area contributed by atoms with Gasteiger partial charge >= 0.3 is 0 Å². The van der Waals surface area contributed by atoms with E-state index in [1.807, 2.05) is 66.3 Å². The molecule has 0 saturated heterocycles. The predicted octanol–water partition coefficient (Wildman–Crippen LogP) is 3.46. The zero-order valence-electron chi connectivity index (χ0n) is 19.3. The van der Waals surface area contributed by atoms with Crippen molar-refractivity contribution in [3.8, 4) is 34.8 Å². The molecule has 0 radical (unpaired) electrons. The molecule has 1 aliphatic carbocycles. The summed E-state index contributed by atoms with van der Waals surface area (Å²) in [5.41, 5.74) is 3.57. The van der Waals surface area contributed by atoms with Crippen LogP contribution in [0.4, 0.5) is 0 Å². The molecular weight excluding hydrogens is 426 g/mol. The number of aromatic nitrogens is 6. The predicted molar refractivity (Wildman–Crippen MR) is 127 cm³/mol. The van der Waals surface area contributed by atoms with Crippen molar-refractivity contribution >= 4 is 10.9 Å². The van der Waals surface area contributed by atoms with E-state index in [1.165, 1.54) is 0 Å². The third kappa shape index (κ3) is 3.91. The van der Waals surface area contributed by atoms with E-state index in [0.29, 0.717) is 19.3 Å². The van der Waals surface area contributed by atoms with Crippen molar-refractivity contribution in [2.75, 3.05) is 20.6 Å². The Labute approximate surface area is 197 Å². The standard InChI is InChI=1S/C25H25N9/c1-32(2)10-11-33-17-19(16-29-33)22-12-23-20(4-3-8-28-23)24(30-22)21-5-9-34(31-21)25(6-7-26)13-18(14-25)15-27/h3-5,8-9,12,16-18H,6,10-11,13-14H2,1-2H3/t18-,25+. The molecule has 0 amide bonds. The normalized spacial score (nSPS) is 19.6. The maximum atomic E-state index is 9.38. The summed E-state index contributed by atoms with van der Waals surface area (Å²) in [5, 5.41) is 28.9. The molecule has 0 atom stereocenters. The average Bonchev–Trinajstić information content (AvgIpc) is 3.49. The highest BCUT2D eigenvalue weighted by molar-refractivity contribution is 5.93. The van der Waals surface area contributed by atoms with Crippen molar-refractivity contribution in [2.45, 2.75) is 31.3 Å². The highest BCUT2D eigenvalue weighted by atomic mass is 15.3. The lowest BCUT2D eigenvalue weighted by Gasteiger charge is -2.43. The Morgan fingerprint density at radius 3 is 2.82 bits per heavy atom. The summed E-state index contributed by atoms with van der Waals surface area (Å²) in [6.45, 7) is 1.69. The lowest BCUT2D eigenvalue weighted by molar-refractivity contribution is 0.0884. The molecule has 0 aromatic carbocycles. The topological polar surface area (TPSA) is 112 Å². The van der Waals surface area contributed by atoms with Gasteiger partial charge in [-0.3, -0.25) is 14.3 Å². The number of nitrogens with zero attached hydrogens (tertiary/aromatic N) is 9. The van der Waals surface area contributed by atoms with Crippen molar-refractivity contribution in [1.82, 2.24) is 34.4 Å². The van der Waals surface area contributed by atoms with Gasteiger partial charge in [0.05, 0.1) is 54.0 Å². The van der Waals surface area contributed by atoms with E-state index in [1.54, 1.807) is 6.20 Å². The zero-order chi connectivity index (χ0) is 23.7. The van der Waals surface area contributed by atoms with Gasteiger partial charge < -0.3 is 4.90 Å². The van der Waals surface area contributed by atoms with Crippen molar-refractivity contribution in [3.63, 3.8) is 0 Å². The summed E-state index contributed by atoms with van der Waals surface area (Å²) < 4.78 is 3.77. The quantitative estimate of drug-likeness (QED) is 0.423. The Bertz CT molecular complexity index is 1410. The van der Waals surface area contributed by atoms with Crippen LogP contribution < -0.4 is 0 Å². The second kappa shape index (κ2) is 8.69. The molecule has 0 aliphatic heterocycles. The van der Waals surface area contributed by atoms with Crippen LogP contribution in [-0.2, 0) is 12.1 Å². The number of fused-ring (bicyclic) bond motifs is 1. The Morgan fingerprint density at radius 1 is 1.21 bits per heavy atom. The molecule has 4 heterocycles. The number of likely N-dealkylation sites (N-methyl/N-ethyl adjacent to an activating group) is 1. The van der Waals surface area contributed by atoms with Gasteiger partial charge in [0, 0.05) is 36.1 Å². The van der Waals surface area contributed by atoms with Crippen LogP contribution in [-0.4, -0.2) is 55.1 Å². The largest absolute Gasteiger partial charge is 0.308 e. The first kappa shape index (κ1) is 21.7. The number of rotatable bonds is 7. The monoisotopic (exact) mass is 451 g/mol. The number of nitriles is 2. The second-order valence-electron chi connectivity index (χ2n) is 9.16. The fourth-order valence-corrected chi connectivity index (χ4v) is 4.56. The third-order valence-electron chi connectivity index (χ3n) is 6.47. The zero-order valence-corrected chi connectivity index (χ0v) is 19.3. The van der Waals surface area contributed by atoms with E-state index in [-0.39, 0.29) is 5.92 Å². The first-order chi connectivity index (χ1) is 16.5. The van der Waals surface area contributed by atoms with Gasteiger partial charge in [-0.25, -0.2) is 4.98 Å². The molecular formula is C25H25N9. The fraction of sp³-hybridized carbons (Fsp3) is 0.360. The molecule has 9 heteroatoms. The van der Waals surface area contributed by atoms with Crippen LogP contribution in [0, 0.1) is 28.6 Å². The summed E-state index contributed by atoms with van der Waals surface area (Å²) in [4.78, 5) is 11.7. The van der Waals surface area contributed by atoms with E-state index in [9.17, 15) is 10.5 Å². The summed E-state index contributed by atoms with van der Waals surface area (Å²) in [6.07, 6.45) is 9.10. The molecule has 9 nitrogen and oxygen atoms in total. The van der Waals surface area contributed by atoms with Gasteiger partial charge in [-0.1, -0.05) is 0 Å². The smallest absolute Gasteiger partial charge is 0.111 e. The molecule has 0 N–H and O–H groups in total. The SMILES string of the molecule is CN(C)CCn1cc(-c2cc3ncccc3c(-c3ccn([C@]4(CC#N)C[C@H](C#N)C4)n3)n2)cn1. The highest BCUT2D eigenvalue weighted by Gasteiger charge is 2.46. The Morgan fingerprint density at radius 2 is 2.06 bits per heavy atom. The van der Waals surface area contributed by atoms with Gasteiger partial charge in [-0.05, 0) is 51.2 Å². The first-order valence-corrected chi connectivity index (χ1v) is 11.3. The summed E-state index contributed by atoms with van der Waals surface area (Å²) in [7, 11) is 4.08. The van der Waals surface area contributed by atoms with Gasteiger partial charge in [0.2, 0.25) is 0 Å². The first-order valence-electron chi connectivity index (χ1n) is 11.3. The van der Waals surface area contributed by atoms with Crippen LogP contribution in [0.5, 0.6) is 0 Å². The van der Waals surface area contributed by atoms with Gasteiger partial charge in [0.15, 0.2) is 0 Å². The van der Waals surface area contributed by atoms with Crippen LogP contribution >= 0.6 is 0 Å². The van der Waals surface area contributed by atoms with Crippen molar-refractivity contribution < 1.29 is 0 Å². The van der Waals surface area contributed by atoms with Crippen LogP contribution in [0.25, 0.3) is 33.5 Å². The van der Waals surface area contributed by atoms with Crippen LogP contribution in [0.1, 0.15) is 19.3 Å². The summed E-state index contributed by atoms with van der Waals surface area (Å²) in [5.74, 6) is -0.0310. The highest BCUT2D eigenvalue weighted by Crippen LogP contribution is 2.46. The van der Waals surface area contributed by atoms with E-state index in [4.69, 9.17) is 10.1 Å². The van der Waals surface area contributed by atoms with Crippen molar-refractivity contribution in [1.29, 1.82) is 10.5 Å². The molecule has 0 spiro atoms. The molecule has 0 bridgehead atoms. The summed E-state index contributed by atoms with van der Waals surface area (Å²) in [6, 6.07) is 12.4. The maximum absolute atomic E-state index is 9.38. The minimum Gasteiger partial charge on any atom is -0.308 e. The third-order valence-corrected chi connectivity index (χ3v) is 6.47. The molecule has 1 saturated carbocycles. The van der Waals surface area contributed by atoms with Crippen LogP contribution in [0.2, 0.25) is 0 Å². The van der Waals surface area contributed by atoms with Gasteiger partial charge in [-0.2, -0.15) is 20.7 Å². The lowest BCUT2D eigenvalue weighted by atomic mass is 9.67. The molecule has 170 valence electrons. The van der Waals surface area contributed by atoms with Crippen LogP contribution in [0.15, 0.2) is 49.1 Å². The van der Waals surface area contributed by atoms with E-state index < -0.39 is 5.54 Å². The maximum Gasteiger partial charge on any atom is 0.111 e. The number of hydrogen-bond acceptors (Lipinski definition) is 7. The van der Waals surface area contributed by atoms with Crippen molar-refractivity contribution in [3.05, 3.63) is 49.1 Å². The van der Waals surface area contributed by atoms with Gasteiger partial charge in [-0.15, -0.1) is 0 Å². The molecule has 4 aromatic rings. The molecule has 34 heavy (non-hydrogen) atoms. The van der Waals surface area contributed by atoms with Gasteiger partial charge in [0.25, 0.3) is 0 Å². The Kier molecular flexibility index (Phi) is 5.56. The number of pyridine rings is 2. The molecule has 4 aromatic heterocycles. The minimum absolute atomic E-state index is 0.0310. The molecule has 1 aliphatic rings. The molecule has 1 fully saturated rings. The fourth-order valence-electron chi connectivity index (χ4n) is 4.56. The number of hydrogen-bond donors (Lipinski definition) is 0. The van der Waals surface area contributed by atoms with Crippen molar-refractivity contribution in [2.24, 2.45) is 5.92 Å². The van der Waals surface area contributed by atoms with E-state index in [2.05, 4.69) is 27.1 Å². The summed E-state index contributed by atoms with van der Waals surface area (Å²) >= 11 is 0. The lowest BCUT2D eigenvalue weighted by Crippen LogP contribution is -2.46. The Hall–Kier alpha value is -4.08. The van der Waals surface area contributed by atoms with Crippen LogP contribution in [0.3, 0.4) is 0 Å². The average molecular weight is 452 g/mol. The Balaban J connectivity index is 1.54. The second-order valence-corrected chi connectivity index (χ2v) is 9.16.